The second-order valence-corrected chi connectivity index (χ2v) is 10.7. The van der Waals surface area contributed by atoms with Crippen LogP contribution in [-0.2, 0) is 21.5 Å². The number of aromatic nitrogens is 1. The molecule has 0 bridgehead atoms. The lowest BCUT2D eigenvalue weighted by molar-refractivity contribution is -0.700. The van der Waals surface area contributed by atoms with Gasteiger partial charge in [0.2, 0.25) is 5.69 Å². The molecular weight excluding hydrogens is 504 g/mol. The summed E-state index contributed by atoms with van der Waals surface area (Å²) >= 11 is 0. The Morgan fingerprint density at radius 2 is 1.76 bits per heavy atom. The Hall–Kier alpha value is -3.30. The maximum atomic E-state index is 12.7. The summed E-state index contributed by atoms with van der Waals surface area (Å²) < 4.78 is 40.2. The van der Waals surface area contributed by atoms with Gasteiger partial charge in [-0.25, -0.2) is 4.79 Å². The molecule has 3 rings (SSSR count). The van der Waals surface area contributed by atoms with Crippen LogP contribution in [0.25, 0.3) is 23.1 Å². The minimum Gasteiger partial charge on any atom is -0.422 e. The summed E-state index contributed by atoms with van der Waals surface area (Å²) in [5.41, 5.74) is 2.07. The average Bonchev–Trinajstić information content (AvgIpc) is 2.88. The van der Waals surface area contributed by atoms with Crippen LogP contribution in [0.1, 0.15) is 70.6 Å². The highest BCUT2D eigenvalue weighted by Gasteiger charge is 2.18. The van der Waals surface area contributed by atoms with Crippen LogP contribution in [0.4, 0.5) is 5.69 Å². The molecule has 0 spiro atoms. The number of anilines is 1. The van der Waals surface area contributed by atoms with Crippen molar-refractivity contribution < 1.29 is 26.7 Å². The number of carbonyl (C=O) groups is 1. The summed E-state index contributed by atoms with van der Waals surface area (Å²) in [7, 11) is -4.36. The first-order valence-corrected chi connectivity index (χ1v) is 14.6. The van der Waals surface area contributed by atoms with E-state index in [1.807, 2.05) is 25.1 Å². The summed E-state index contributed by atoms with van der Waals surface area (Å²) in [6.07, 6.45) is 9.06. The molecule has 0 saturated heterocycles. The molecular formula is C29H37N2O6S+. The molecule has 1 aromatic carbocycles. The molecule has 2 heterocycles. The van der Waals surface area contributed by atoms with E-state index in [1.165, 1.54) is 12.3 Å². The Morgan fingerprint density at radius 1 is 1.00 bits per heavy atom. The van der Waals surface area contributed by atoms with E-state index in [1.54, 1.807) is 28.9 Å². The predicted octanol–water partition coefficient (Wildman–Crippen LogP) is 5.27. The van der Waals surface area contributed by atoms with Gasteiger partial charge in [-0.15, -0.1) is 0 Å². The van der Waals surface area contributed by atoms with Crippen LogP contribution in [0.2, 0.25) is 0 Å². The van der Waals surface area contributed by atoms with Crippen LogP contribution in [0.5, 0.6) is 0 Å². The van der Waals surface area contributed by atoms with Gasteiger partial charge in [0.1, 0.15) is 17.9 Å². The third-order valence-electron chi connectivity index (χ3n) is 6.52. The zero-order valence-electron chi connectivity index (χ0n) is 22.4. The third kappa shape index (κ3) is 7.85. The Balaban J connectivity index is 1.83. The van der Waals surface area contributed by atoms with Gasteiger partial charge in [0, 0.05) is 61.6 Å². The average molecular weight is 542 g/mol. The largest absolute Gasteiger partial charge is 0.422 e. The van der Waals surface area contributed by atoms with E-state index in [9.17, 15) is 22.6 Å². The van der Waals surface area contributed by atoms with Gasteiger partial charge in [0.15, 0.2) is 11.1 Å². The maximum Gasteiger partial charge on any atom is 0.343 e. The molecule has 0 aliphatic carbocycles. The van der Waals surface area contributed by atoms with Crippen LogP contribution < -0.4 is 15.1 Å². The van der Waals surface area contributed by atoms with Gasteiger partial charge in [0.05, 0.1) is 5.56 Å². The van der Waals surface area contributed by atoms with Crippen LogP contribution in [0.15, 0.2) is 56.7 Å². The Labute approximate surface area is 224 Å². The first-order chi connectivity index (χ1) is 18.2. The molecule has 204 valence electrons. The van der Waals surface area contributed by atoms with E-state index in [0.717, 1.165) is 49.8 Å². The number of carbonyl (C=O) groups excluding carboxylic acids is 1. The first kappa shape index (κ1) is 29.3. The molecule has 0 unspecified atom stereocenters. The summed E-state index contributed by atoms with van der Waals surface area (Å²) in [4.78, 5) is 26.4. The van der Waals surface area contributed by atoms with E-state index in [2.05, 4.69) is 18.7 Å². The normalized spacial score (nSPS) is 11.9. The van der Waals surface area contributed by atoms with Gasteiger partial charge in [-0.1, -0.05) is 6.92 Å². The van der Waals surface area contributed by atoms with Gasteiger partial charge in [0.25, 0.3) is 10.1 Å². The van der Waals surface area contributed by atoms with Crippen molar-refractivity contribution in [2.75, 3.05) is 18.0 Å². The van der Waals surface area contributed by atoms with E-state index in [-0.39, 0.29) is 10.7 Å². The molecule has 0 fully saturated rings. The van der Waals surface area contributed by atoms with E-state index >= 15 is 0 Å². The van der Waals surface area contributed by atoms with Crippen molar-refractivity contribution in [3.05, 3.63) is 64.3 Å². The van der Waals surface area contributed by atoms with Crippen molar-refractivity contribution in [2.24, 2.45) is 0 Å². The lowest BCUT2D eigenvalue weighted by Gasteiger charge is -2.20. The fraction of sp³-hybridized carbons (Fsp3) is 0.414. The third-order valence-corrected chi connectivity index (χ3v) is 7.36. The molecule has 9 heteroatoms. The number of unbranched alkanes of at least 4 members (excludes halogenated alkanes) is 2. The van der Waals surface area contributed by atoms with Crippen LogP contribution >= 0.6 is 0 Å². The zero-order chi connectivity index (χ0) is 27.7. The second-order valence-electron chi connectivity index (χ2n) is 9.27. The van der Waals surface area contributed by atoms with E-state index in [0.29, 0.717) is 36.2 Å². The van der Waals surface area contributed by atoms with Crippen LogP contribution in [0.3, 0.4) is 0 Å². The molecule has 8 nitrogen and oxygen atoms in total. The monoisotopic (exact) mass is 541 g/mol. The summed E-state index contributed by atoms with van der Waals surface area (Å²) in [6.45, 7) is 8.31. The first-order valence-electron chi connectivity index (χ1n) is 13.2. The van der Waals surface area contributed by atoms with Gasteiger partial charge >= 0.3 is 5.63 Å². The van der Waals surface area contributed by atoms with Crippen LogP contribution in [-0.4, -0.2) is 31.8 Å². The van der Waals surface area contributed by atoms with E-state index < -0.39 is 15.7 Å². The molecule has 0 aliphatic heterocycles. The van der Waals surface area contributed by atoms with Gasteiger partial charge in [-0.3, -0.25) is 9.35 Å². The molecule has 1 N–H and O–H groups in total. The van der Waals surface area contributed by atoms with E-state index in [4.69, 9.17) is 4.42 Å². The SMILES string of the molecule is CCCC(=O)CCCCC[n+]1cc(S(=O)(=O)O)ccc1/C=C/c1cc2ccc(N(CC)CC)cc2oc1=O. The number of fused-ring (bicyclic) bond motifs is 1. The highest BCUT2D eigenvalue weighted by Crippen LogP contribution is 2.22. The molecule has 38 heavy (non-hydrogen) atoms. The van der Waals surface area contributed by atoms with Gasteiger partial charge in [-0.2, -0.15) is 13.0 Å². The fourth-order valence-corrected chi connectivity index (χ4v) is 4.91. The standard InChI is InChI=1S/C29H36N2O6S/c1-4-10-26(32)11-8-7-9-18-31-21-27(38(34,35)36)17-16-24(31)14-13-23-19-22-12-15-25(30(5-2)6-3)20-28(22)37-29(23)33/h12-17,19-21H,4-11,18H2,1-3H3/p+1. The quantitative estimate of drug-likeness (QED) is 0.128. The number of nitrogens with zero attached hydrogens (tertiary/aromatic N) is 2. The minimum absolute atomic E-state index is 0.206. The second kappa shape index (κ2) is 13.5. The molecule has 0 radical (unpaired) electrons. The number of hydrogen-bond acceptors (Lipinski definition) is 6. The minimum atomic E-state index is -4.36. The summed E-state index contributed by atoms with van der Waals surface area (Å²) in [5.74, 6) is 0.260. The van der Waals surface area contributed by atoms with Crippen molar-refractivity contribution in [1.82, 2.24) is 0 Å². The van der Waals surface area contributed by atoms with Crippen LogP contribution in [0, 0.1) is 0 Å². The highest BCUT2D eigenvalue weighted by atomic mass is 32.2. The molecule has 3 aromatic rings. The lowest BCUT2D eigenvalue weighted by atomic mass is 10.1. The Morgan fingerprint density at radius 3 is 2.45 bits per heavy atom. The van der Waals surface area contributed by atoms with Crippen molar-refractivity contribution >= 4 is 44.7 Å². The molecule has 0 aliphatic rings. The molecule has 0 atom stereocenters. The van der Waals surface area contributed by atoms with Crippen molar-refractivity contribution in [2.45, 2.75) is 70.7 Å². The molecule has 2 aromatic heterocycles. The smallest absolute Gasteiger partial charge is 0.343 e. The number of benzene rings is 1. The summed E-state index contributed by atoms with van der Waals surface area (Å²) in [6, 6.07) is 10.5. The molecule has 0 amide bonds. The number of hydrogen-bond donors (Lipinski definition) is 1. The highest BCUT2D eigenvalue weighted by molar-refractivity contribution is 7.85. The number of ketones is 1. The van der Waals surface area contributed by atoms with Crippen molar-refractivity contribution in [3.63, 3.8) is 0 Å². The number of pyridine rings is 1. The molecule has 0 saturated carbocycles. The van der Waals surface area contributed by atoms with Gasteiger partial charge in [-0.05, 0) is 63.5 Å². The number of rotatable bonds is 14. The fourth-order valence-electron chi connectivity index (χ4n) is 4.41. The van der Waals surface area contributed by atoms with Gasteiger partial charge < -0.3 is 9.32 Å². The number of Topliss-reactive ketones (excluding diaryl/α,β-unsaturated/α-hetero) is 1. The van der Waals surface area contributed by atoms with Crippen molar-refractivity contribution in [3.8, 4) is 0 Å². The van der Waals surface area contributed by atoms with Crippen molar-refractivity contribution in [1.29, 1.82) is 0 Å². The topological polar surface area (TPSA) is 109 Å². The zero-order valence-corrected chi connectivity index (χ0v) is 23.2. The summed E-state index contributed by atoms with van der Waals surface area (Å²) in [5, 5.41) is 0.798. The lowest BCUT2D eigenvalue weighted by Crippen LogP contribution is -2.37. The Kier molecular flexibility index (Phi) is 10.4. The Bertz CT molecular complexity index is 1460. The predicted molar refractivity (Wildman–Crippen MR) is 150 cm³/mol. The number of aryl methyl sites for hydroxylation is 1. The maximum absolute atomic E-state index is 12.7.